The van der Waals surface area contributed by atoms with Gasteiger partial charge in [-0.15, -0.1) is 0 Å². The highest BCUT2D eigenvalue weighted by atomic mass is 16.5. The summed E-state index contributed by atoms with van der Waals surface area (Å²) >= 11 is 0. The molecule has 0 aliphatic heterocycles. The topological polar surface area (TPSA) is 59.7 Å². The highest BCUT2D eigenvalue weighted by molar-refractivity contribution is 5.94. The van der Waals surface area contributed by atoms with Gasteiger partial charge in [-0.3, -0.25) is 0 Å². The lowest BCUT2D eigenvalue weighted by molar-refractivity contribution is 0.0663. The number of ether oxygens (including phenoxy) is 1. The van der Waals surface area contributed by atoms with Crippen LogP contribution in [0.25, 0.3) is 11.1 Å². The second kappa shape index (κ2) is 4.96. The lowest BCUT2D eigenvalue weighted by Crippen LogP contribution is -2.06. The van der Waals surface area contributed by atoms with Crippen molar-refractivity contribution in [1.29, 1.82) is 0 Å². The molecule has 0 saturated carbocycles. The summed E-state index contributed by atoms with van der Waals surface area (Å²) in [4.78, 5) is 11.1. The minimum absolute atomic E-state index is 0.0197. The van der Waals surface area contributed by atoms with Crippen LogP contribution in [0.1, 0.15) is 24.4 Å². The zero-order chi connectivity index (χ0) is 13.1. The predicted octanol–water partition coefficient (Wildman–Crippen LogP) is 3.43. The number of benzene rings is 1. The number of rotatable bonds is 4. The Morgan fingerprint density at radius 1 is 1.22 bits per heavy atom. The number of carboxylic acid groups (broad SMARTS) is 1. The van der Waals surface area contributed by atoms with E-state index in [-0.39, 0.29) is 11.9 Å². The summed E-state index contributed by atoms with van der Waals surface area (Å²) in [5.74, 6) is -0.513. The van der Waals surface area contributed by atoms with Crippen LogP contribution in [-0.2, 0) is 0 Å². The Kier molecular flexibility index (Phi) is 3.37. The first-order valence-corrected chi connectivity index (χ1v) is 5.66. The summed E-state index contributed by atoms with van der Waals surface area (Å²) in [6.45, 7) is 3.84. The van der Waals surface area contributed by atoms with Gasteiger partial charge in [0, 0.05) is 11.1 Å². The van der Waals surface area contributed by atoms with E-state index in [1.54, 1.807) is 6.07 Å². The Hall–Kier alpha value is -2.23. The summed E-state index contributed by atoms with van der Waals surface area (Å²) in [6.07, 6.45) is 1.39. The first-order chi connectivity index (χ1) is 8.59. The van der Waals surface area contributed by atoms with Gasteiger partial charge >= 0.3 is 5.97 Å². The van der Waals surface area contributed by atoms with Crippen molar-refractivity contribution >= 4 is 5.97 Å². The molecule has 0 aliphatic carbocycles. The fourth-order valence-electron chi connectivity index (χ4n) is 1.73. The summed E-state index contributed by atoms with van der Waals surface area (Å²) in [6, 6.07) is 8.94. The van der Waals surface area contributed by atoms with E-state index in [2.05, 4.69) is 0 Å². The van der Waals surface area contributed by atoms with E-state index in [1.807, 2.05) is 38.1 Å². The van der Waals surface area contributed by atoms with Gasteiger partial charge in [-0.2, -0.15) is 0 Å². The standard InChI is InChI=1S/C14H14O4/c1-9(2)18-12-6-4-3-5-10(12)11-7-8-17-13(11)14(15)16/h3-9H,1-2H3,(H,15,16). The molecule has 0 bridgehead atoms. The smallest absolute Gasteiger partial charge is 0.372 e. The summed E-state index contributed by atoms with van der Waals surface area (Å²) < 4.78 is 10.7. The molecule has 0 unspecified atom stereocenters. The average molecular weight is 246 g/mol. The molecule has 4 nitrogen and oxygen atoms in total. The molecule has 4 heteroatoms. The average Bonchev–Trinajstić information content (AvgIpc) is 2.77. The van der Waals surface area contributed by atoms with Gasteiger partial charge < -0.3 is 14.3 Å². The lowest BCUT2D eigenvalue weighted by Gasteiger charge is -2.13. The summed E-state index contributed by atoms with van der Waals surface area (Å²) in [7, 11) is 0. The third-order valence-corrected chi connectivity index (χ3v) is 2.40. The zero-order valence-corrected chi connectivity index (χ0v) is 10.2. The summed E-state index contributed by atoms with van der Waals surface area (Å²) in [5.41, 5.74) is 1.25. The fraction of sp³-hybridized carbons (Fsp3) is 0.214. The van der Waals surface area contributed by atoms with Gasteiger partial charge in [-0.1, -0.05) is 18.2 Å². The second-order valence-corrected chi connectivity index (χ2v) is 4.13. The van der Waals surface area contributed by atoms with Gasteiger partial charge in [-0.25, -0.2) is 4.79 Å². The predicted molar refractivity (Wildman–Crippen MR) is 66.9 cm³/mol. The van der Waals surface area contributed by atoms with E-state index in [0.717, 1.165) is 5.56 Å². The molecule has 0 saturated heterocycles. The largest absolute Gasteiger partial charge is 0.490 e. The molecule has 18 heavy (non-hydrogen) atoms. The molecule has 1 heterocycles. The van der Waals surface area contributed by atoms with Crippen molar-refractivity contribution in [3.63, 3.8) is 0 Å². The number of hydrogen-bond acceptors (Lipinski definition) is 3. The molecular formula is C14H14O4. The first kappa shape index (κ1) is 12.2. The van der Waals surface area contributed by atoms with Crippen LogP contribution >= 0.6 is 0 Å². The van der Waals surface area contributed by atoms with Gasteiger partial charge in [0.25, 0.3) is 0 Å². The number of carboxylic acids is 1. The molecule has 0 aliphatic rings. The third kappa shape index (κ3) is 2.37. The van der Waals surface area contributed by atoms with E-state index in [9.17, 15) is 4.79 Å². The van der Waals surface area contributed by atoms with E-state index in [1.165, 1.54) is 6.26 Å². The minimum Gasteiger partial charge on any atom is -0.490 e. The van der Waals surface area contributed by atoms with E-state index in [4.69, 9.17) is 14.3 Å². The molecule has 1 aromatic heterocycles. The molecule has 2 rings (SSSR count). The van der Waals surface area contributed by atoms with Crippen molar-refractivity contribution in [2.45, 2.75) is 20.0 Å². The van der Waals surface area contributed by atoms with Crippen molar-refractivity contribution in [2.24, 2.45) is 0 Å². The van der Waals surface area contributed by atoms with Crippen LogP contribution in [-0.4, -0.2) is 17.2 Å². The molecule has 94 valence electrons. The van der Waals surface area contributed by atoms with Crippen LogP contribution in [0.15, 0.2) is 41.0 Å². The number of aromatic carboxylic acids is 1. The number of para-hydroxylation sites is 1. The van der Waals surface area contributed by atoms with Gasteiger partial charge in [-0.05, 0) is 26.0 Å². The van der Waals surface area contributed by atoms with Crippen LogP contribution in [0.4, 0.5) is 0 Å². The van der Waals surface area contributed by atoms with Gasteiger partial charge in [0.05, 0.1) is 12.4 Å². The molecule has 0 radical (unpaired) electrons. The number of carbonyl (C=O) groups is 1. The van der Waals surface area contributed by atoms with E-state index >= 15 is 0 Å². The van der Waals surface area contributed by atoms with Crippen LogP contribution in [0.3, 0.4) is 0 Å². The van der Waals surface area contributed by atoms with Crippen molar-refractivity contribution in [2.75, 3.05) is 0 Å². The Labute approximate surface area is 105 Å². The Morgan fingerprint density at radius 2 is 1.94 bits per heavy atom. The molecular weight excluding hydrogens is 232 g/mol. The summed E-state index contributed by atoms with van der Waals surface area (Å²) in [5, 5.41) is 9.05. The van der Waals surface area contributed by atoms with Gasteiger partial charge in [0.2, 0.25) is 5.76 Å². The first-order valence-electron chi connectivity index (χ1n) is 5.66. The maximum Gasteiger partial charge on any atom is 0.372 e. The molecule has 1 aromatic carbocycles. The quantitative estimate of drug-likeness (QED) is 0.897. The van der Waals surface area contributed by atoms with Crippen molar-refractivity contribution in [3.05, 3.63) is 42.4 Å². The molecule has 0 atom stereocenters. The van der Waals surface area contributed by atoms with Crippen LogP contribution in [0, 0.1) is 0 Å². The Bertz CT molecular complexity index is 554. The minimum atomic E-state index is -1.09. The molecule has 2 aromatic rings. The lowest BCUT2D eigenvalue weighted by atomic mass is 10.1. The van der Waals surface area contributed by atoms with Crippen molar-refractivity contribution < 1.29 is 19.1 Å². The second-order valence-electron chi connectivity index (χ2n) is 4.13. The van der Waals surface area contributed by atoms with Gasteiger partial charge in [0.15, 0.2) is 0 Å². The maximum atomic E-state index is 11.1. The van der Waals surface area contributed by atoms with E-state index in [0.29, 0.717) is 11.3 Å². The van der Waals surface area contributed by atoms with E-state index < -0.39 is 5.97 Å². The monoisotopic (exact) mass is 246 g/mol. The number of hydrogen-bond donors (Lipinski definition) is 1. The van der Waals surface area contributed by atoms with Crippen LogP contribution in [0.5, 0.6) is 5.75 Å². The highest BCUT2D eigenvalue weighted by Gasteiger charge is 2.18. The third-order valence-electron chi connectivity index (χ3n) is 2.40. The Morgan fingerprint density at radius 3 is 2.61 bits per heavy atom. The fourth-order valence-corrected chi connectivity index (χ4v) is 1.73. The van der Waals surface area contributed by atoms with Crippen LogP contribution in [0.2, 0.25) is 0 Å². The SMILES string of the molecule is CC(C)Oc1ccccc1-c1ccoc1C(=O)O. The highest BCUT2D eigenvalue weighted by Crippen LogP contribution is 2.33. The molecule has 0 spiro atoms. The maximum absolute atomic E-state index is 11.1. The Balaban J connectivity index is 2.50. The van der Waals surface area contributed by atoms with Gasteiger partial charge in [0.1, 0.15) is 5.75 Å². The zero-order valence-electron chi connectivity index (χ0n) is 10.2. The molecule has 0 amide bonds. The van der Waals surface area contributed by atoms with Crippen molar-refractivity contribution in [3.8, 4) is 16.9 Å². The van der Waals surface area contributed by atoms with Crippen molar-refractivity contribution in [1.82, 2.24) is 0 Å². The molecule has 1 N–H and O–H groups in total. The molecule has 0 fully saturated rings. The normalized spacial score (nSPS) is 10.6. The number of furan rings is 1. The van der Waals surface area contributed by atoms with Crippen LogP contribution < -0.4 is 4.74 Å².